The van der Waals surface area contributed by atoms with Crippen molar-refractivity contribution < 1.29 is 13.3 Å². The summed E-state index contributed by atoms with van der Waals surface area (Å²) in [5.41, 5.74) is 11.1. The van der Waals surface area contributed by atoms with Gasteiger partial charge in [-0.1, -0.05) is 20.8 Å². The van der Waals surface area contributed by atoms with Crippen molar-refractivity contribution in [1.82, 2.24) is 0 Å². The zero-order chi connectivity index (χ0) is 19.6. The van der Waals surface area contributed by atoms with Crippen LogP contribution in [0.3, 0.4) is 0 Å². The maximum Gasteiger partial charge on any atom is 0.321 e. The Balaban J connectivity index is 0. The topological polar surface area (TPSA) is 79.7 Å². The Morgan fingerprint density at radius 3 is 1.76 bits per heavy atom. The van der Waals surface area contributed by atoms with Crippen LogP contribution >= 0.6 is 0 Å². The summed E-state index contributed by atoms with van der Waals surface area (Å²) in [6.07, 6.45) is 3.63. The van der Waals surface area contributed by atoms with Gasteiger partial charge < -0.3 is 24.7 Å². The molecule has 1 unspecified atom stereocenters. The molecule has 0 rings (SSSR count). The molecule has 154 valence electrons. The van der Waals surface area contributed by atoms with Gasteiger partial charge in [-0.3, -0.25) is 0 Å². The van der Waals surface area contributed by atoms with Crippen LogP contribution in [0.1, 0.15) is 60.8 Å². The molecule has 25 heavy (non-hydrogen) atoms. The fourth-order valence-corrected chi connectivity index (χ4v) is 7.59. The van der Waals surface area contributed by atoms with Crippen molar-refractivity contribution in [2.24, 2.45) is 11.5 Å². The van der Waals surface area contributed by atoms with Crippen LogP contribution in [0.15, 0.2) is 0 Å². The van der Waals surface area contributed by atoms with E-state index in [2.05, 4.69) is 27.7 Å². The summed E-state index contributed by atoms with van der Waals surface area (Å²) in [4.78, 5) is 0. The van der Waals surface area contributed by atoms with Gasteiger partial charge in [0, 0.05) is 19.3 Å². The molecule has 0 saturated carbocycles. The van der Waals surface area contributed by atoms with E-state index in [1.807, 2.05) is 13.8 Å². The molecule has 0 spiro atoms. The minimum absolute atomic E-state index is 0.368. The van der Waals surface area contributed by atoms with Crippen LogP contribution < -0.4 is 11.5 Å². The average molecular weight is 395 g/mol. The molecule has 5 nitrogen and oxygen atoms in total. The first-order valence-corrected chi connectivity index (χ1v) is 14.6. The standard InChI is InChI=1S/C12H30N2OSi.C6H16O2Si/c1-4-16(5-2,11-7-10-14)15-12(3)8-6-9-13;1-4-7-9(6-3)8-5-2/h12H,4-11,13-14H2,1-3H3;9H,4-6H2,1-3H3. The molecule has 0 aromatic rings. The molecule has 0 saturated heterocycles. The van der Waals surface area contributed by atoms with Crippen molar-refractivity contribution >= 4 is 17.6 Å². The van der Waals surface area contributed by atoms with Gasteiger partial charge in [-0.05, 0) is 77.3 Å². The molecular weight excluding hydrogens is 348 g/mol. The van der Waals surface area contributed by atoms with Gasteiger partial charge in [0.2, 0.25) is 0 Å². The highest BCUT2D eigenvalue weighted by Crippen LogP contribution is 2.26. The second kappa shape index (κ2) is 19.0. The first-order valence-electron chi connectivity index (χ1n) is 10.3. The van der Waals surface area contributed by atoms with Gasteiger partial charge in [0.05, 0.1) is 0 Å². The summed E-state index contributed by atoms with van der Waals surface area (Å²) in [5, 5.41) is 0. The van der Waals surface area contributed by atoms with Crippen LogP contribution in [0.25, 0.3) is 0 Å². The van der Waals surface area contributed by atoms with Crippen LogP contribution in [0.2, 0.25) is 24.2 Å². The van der Waals surface area contributed by atoms with E-state index in [0.717, 1.165) is 51.6 Å². The maximum atomic E-state index is 6.37. The van der Waals surface area contributed by atoms with Crippen LogP contribution in [-0.4, -0.2) is 50.0 Å². The van der Waals surface area contributed by atoms with Crippen molar-refractivity contribution in [3.05, 3.63) is 0 Å². The fraction of sp³-hybridized carbons (Fsp3) is 1.00. The number of hydrogen-bond acceptors (Lipinski definition) is 5. The lowest BCUT2D eigenvalue weighted by Crippen LogP contribution is -2.40. The first-order chi connectivity index (χ1) is 12.0. The van der Waals surface area contributed by atoms with E-state index in [4.69, 9.17) is 24.7 Å². The largest absolute Gasteiger partial charge is 0.414 e. The zero-order valence-corrected chi connectivity index (χ0v) is 20.0. The van der Waals surface area contributed by atoms with Gasteiger partial charge in [0.25, 0.3) is 0 Å². The summed E-state index contributed by atoms with van der Waals surface area (Å²) >= 11 is 0. The molecule has 1 atom stereocenters. The SMILES string of the molecule is CCO[SiH](CC)OCC.CC[Si](CC)(CCCN)OC(C)CCCN. The molecule has 0 aliphatic heterocycles. The molecule has 0 aromatic heterocycles. The lowest BCUT2D eigenvalue weighted by Gasteiger charge is -2.32. The quantitative estimate of drug-likeness (QED) is 0.413. The molecule has 0 fully saturated rings. The Kier molecular flexibility index (Phi) is 20.9. The maximum absolute atomic E-state index is 6.37. The van der Waals surface area contributed by atoms with E-state index in [1.54, 1.807) is 0 Å². The summed E-state index contributed by atoms with van der Waals surface area (Å²) in [6, 6.07) is 4.69. The molecule has 0 heterocycles. The molecular formula is C18H46N2O3Si2. The molecule has 0 aliphatic carbocycles. The van der Waals surface area contributed by atoms with E-state index in [0.29, 0.717) is 6.10 Å². The highest BCUT2D eigenvalue weighted by molar-refractivity contribution is 6.73. The first kappa shape index (κ1) is 27.5. The molecule has 0 aromatic carbocycles. The Morgan fingerprint density at radius 1 is 0.880 bits per heavy atom. The summed E-state index contributed by atoms with van der Waals surface area (Å²) in [6.45, 7) is 16.0. The monoisotopic (exact) mass is 394 g/mol. The number of rotatable bonds is 15. The summed E-state index contributed by atoms with van der Waals surface area (Å²) in [7, 11) is -2.71. The lowest BCUT2D eigenvalue weighted by atomic mass is 10.2. The number of nitrogens with two attached hydrogens (primary N) is 2. The van der Waals surface area contributed by atoms with Gasteiger partial charge in [0.15, 0.2) is 8.32 Å². The third-order valence-corrected chi connectivity index (χ3v) is 11.3. The molecule has 0 amide bonds. The van der Waals surface area contributed by atoms with E-state index < -0.39 is 17.6 Å². The summed E-state index contributed by atoms with van der Waals surface area (Å²) < 4.78 is 17.1. The smallest absolute Gasteiger partial charge is 0.321 e. The van der Waals surface area contributed by atoms with E-state index in [-0.39, 0.29) is 0 Å². The van der Waals surface area contributed by atoms with E-state index in [1.165, 1.54) is 18.1 Å². The molecule has 4 N–H and O–H groups in total. The average Bonchev–Trinajstić information content (AvgIpc) is 2.63. The zero-order valence-electron chi connectivity index (χ0n) is 17.8. The molecule has 0 bridgehead atoms. The highest BCUT2D eigenvalue weighted by atomic mass is 28.4. The fourth-order valence-electron chi connectivity index (χ4n) is 2.80. The van der Waals surface area contributed by atoms with Crippen molar-refractivity contribution in [3.8, 4) is 0 Å². The molecule has 0 aliphatic rings. The van der Waals surface area contributed by atoms with Crippen LogP contribution in [-0.2, 0) is 13.3 Å². The van der Waals surface area contributed by atoms with Gasteiger partial charge >= 0.3 is 9.28 Å². The van der Waals surface area contributed by atoms with E-state index >= 15 is 0 Å². The predicted molar refractivity (Wildman–Crippen MR) is 115 cm³/mol. The van der Waals surface area contributed by atoms with Crippen LogP contribution in [0, 0.1) is 0 Å². The van der Waals surface area contributed by atoms with Crippen LogP contribution in [0.5, 0.6) is 0 Å². The van der Waals surface area contributed by atoms with Gasteiger partial charge in [0.1, 0.15) is 0 Å². The number of hydrogen-bond donors (Lipinski definition) is 2. The second-order valence-electron chi connectivity index (χ2n) is 6.39. The lowest BCUT2D eigenvalue weighted by molar-refractivity contribution is 0.192. The molecule has 0 radical (unpaired) electrons. The van der Waals surface area contributed by atoms with E-state index in [9.17, 15) is 0 Å². The van der Waals surface area contributed by atoms with Crippen molar-refractivity contribution in [1.29, 1.82) is 0 Å². The van der Waals surface area contributed by atoms with Crippen LogP contribution in [0.4, 0.5) is 0 Å². The van der Waals surface area contributed by atoms with Gasteiger partial charge in [-0.25, -0.2) is 0 Å². The highest BCUT2D eigenvalue weighted by Gasteiger charge is 2.31. The predicted octanol–water partition coefficient (Wildman–Crippen LogP) is 3.76. The Morgan fingerprint density at radius 2 is 1.40 bits per heavy atom. The Bertz CT molecular complexity index is 265. The second-order valence-corrected chi connectivity index (χ2v) is 13.2. The Labute approximate surface area is 160 Å². The summed E-state index contributed by atoms with van der Waals surface area (Å²) in [5.74, 6) is 0. The minimum atomic E-state index is -1.50. The third kappa shape index (κ3) is 15.0. The van der Waals surface area contributed by atoms with Crippen molar-refractivity contribution in [2.75, 3.05) is 26.3 Å². The normalized spacial score (nSPS) is 12.8. The minimum Gasteiger partial charge on any atom is -0.414 e. The van der Waals surface area contributed by atoms with Gasteiger partial charge in [-0.15, -0.1) is 0 Å². The third-order valence-electron chi connectivity index (χ3n) is 4.43. The van der Waals surface area contributed by atoms with Crippen molar-refractivity contribution in [3.63, 3.8) is 0 Å². The van der Waals surface area contributed by atoms with Crippen molar-refractivity contribution in [2.45, 2.75) is 91.1 Å². The van der Waals surface area contributed by atoms with Gasteiger partial charge in [-0.2, -0.15) is 0 Å². The Hall–Kier alpha value is 0.234. The molecule has 7 heteroatoms.